The minimum Gasteiger partial charge on any atom is -0.299 e. The summed E-state index contributed by atoms with van der Waals surface area (Å²) in [5, 5.41) is 0. The van der Waals surface area contributed by atoms with Crippen molar-refractivity contribution in [2.75, 3.05) is 11.5 Å². The maximum absolute atomic E-state index is 13.4. The van der Waals surface area contributed by atoms with Crippen LogP contribution in [0.25, 0.3) is 0 Å². The maximum atomic E-state index is 13.4. The highest BCUT2D eigenvalue weighted by Crippen LogP contribution is 2.23. The molecular weight excluding hydrogens is 274 g/mol. The van der Waals surface area contributed by atoms with Gasteiger partial charge in [0.15, 0.2) is 21.5 Å². The highest BCUT2D eigenvalue weighted by Gasteiger charge is 2.29. The van der Waals surface area contributed by atoms with Crippen LogP contribution in [-0.4, -0.2) is 25.7 Å². The van der Waals surface area contributed by atoms with Crippen molar-refractivity contribution in [1.82, 2.24) is 0 Å². The Labute approximate surface area is 110 Å². The second-order valence-electron chi connectivity index (χ2n) is 4.90. The number of carbonyl (C=O) groups is 1. The van der Waals surface area contributed by atoms with Crippen molar-refractivity contribution in [3.05, 3.63) is 35.4 Å². The molecule has 0 radical (unpaired) electrons. The molecule has 6 heteroatoms. The molecular formula is C13H14F2O3S. The van der Waals surface area contributed by atoms with Gasteiger partial charge in [-0.2, -0.15) is 0 Å². The second kappa shape index (κ2) is 5.36. The molecule has 1 aromatic carbocycles. The van der Waals surface area contributed by atoms with Crippen LogP contribution in [-0.2, 0) is 21.1 Å². The Hall–Kier alpha value is -1.30. The largest absolute Gasteiger partial charge is 0.299 e. The SMILES string of the molecule is O=C(Cc1cccc(F)c1F)CC1CCS(=O)(=O)C1. The van der Waals surface area contributed by atoms with E-state index in [1.807, 2.05) is 0 Å². The molecule has 0 saturated carbocycles. The number of sulfone groups is 1. The number of hydrogen-bond acceptors (Lipinski definition) is 3. The Bertz CT molecular complexity index is 596. The average molecular weight is 288 g/mol. The summed E-state index contributed by atoms with van der Waals surface area (Å²) in [5.41, 5.74) is 0.0193. The van der Waals surface area contributed by atoms with Gasteiger partial charge in [0.25, 0.3) is 0 Å². The van der Waals surface area contributed by atoms with Gasteiger partial charge in [-0.1, -0.05) is 12.1 Å². The third kappa shape index (κ3) is 3.59. The molecule has 104 valence electrons. The molecule has 1 heterocycles. The van der Waals surface area contributed by atoms with Crippen molar-refractivity contribution < 1.29 is 22.0 Å². The lowest BCUT2D eigenvalue weighted by atomic mass is 9.98. The lowest BCUT2D eigenvalue weighted by molar-refractivity contribution is -0.119. The zero-order valence-electron chi connectivity index (χ0n) is 10.2. The molecule has 1 fully saturated rings. The summed E-state index contributed by atoms with van der Waals surface area (Å²) in [5.74, 6) is -2.30. The van der Waals surface area contributed by atoms with Crippen molar-refractivity contribution in [1.29, 1.82) is 0 Å². The molecule has 0 aromatic heterocycles. The van der Waals surface area contributed by atoms with Gasteiger partial charge in [-0.05, 0) is 24.0 Å². The Morgan fingerprint density at radius 3 is 2.68 bits per heavy atom. The Kier molecular flexibility index (Phi) is 3.99. The van der Waals surface area contributed by atoms with Crippen LogP contribution in [0, 0.1) is 17.6 Å². The zero-order valence-corrected chi connectivity index (χ0v) is 11.1. The Balaban J connectivity index is 1.97. The van der Waals surface area contributed by atoms with Gasteiger partial charge in [-0.25, -0.2) is 17.2 Å². The van der Waals surface area contributed by atoms with E-state index >= 15 is 0 Å². The topological polar surface area (TPSA) is 51.2 Å². The molecule has 2 rings (SSSR count). The number of benzene rings is 1. The average Bonchev–Trinajstić information content (AvgIpc) is 2.64. The molecule has 0 spiro atoms. The summed E-state index contributed by atoms with van der Waals surface area (Å²) < 4.78 is 48.9. The van der Waals surface area contributed by atoms with Crippen molar-refractivity contribution in [2.24, 2.45) is 5.92 Å². The molecule has 1 atom stereocenters. The van der Waals surface area contributed by atoms with E-state index < -0.39 is 21.5 Å². The minimum atomic E-state index is -3.02. The van der Waals surface area contributed by atoms with Crippen LogP contribution in [0.15, 0.2) is 18.2 Å². The summed E-state index contributed by atoms with van der Waals surface area (Å²) in [6, 6.07) is 3.70. The predicted molar refractivity (Wildman–Crippen MR) is 66.4 cm³/mol. The summed E-state index contributed by atoms with van der Waals surface area (Å²) in [6.07, 6.45) is 0.384. The van der Waals surface area contributed by atoms with Gasteiger partial charge < -0.3 is 0 Å². The first-order valence-corrected chi connectivity index (χ1v) is 7.84. The first-order chi connectivity index (χ1) is 8.87. The molecule has 0 N–H and O–H groups in total. The van der Waals surface area contributed by atoms with Gasteiger partial charge in [0.1, 0.15) is 5.78 Å². The number of ketones is 1. The molecule has 1 unspecified atom stereocenters. The van der Waals surface area contributed by atoms with Crippen LogP contribution in [0.2, 0.25) is 0 Å². The van der Waals surface area contributed by atoms with Crippen molar-refractivity contribution in [2.45, 2.75) is 19.3 Å². The van der Waals surface area contributed by atoms with E-state index in [1.54, 1.807) is 0 Å². The summed E-state index contributed by atoms with van der Waals surface area (Å²) in [4.78, 5) is 11.8. The van der Waals surface area contributed by atoms with Gasteiger partial charge >= 0.3 is 0 Å². The van der Waals surface area contributed by atoms with Crippen LogP contribution in [0.1, 0.15) is 18.4 Å². The molecule has 0 amide bonds. The van der Waals surface area contributed by atoms with E-state index in [-0.39, 0.29) is 41.6 Å². The maximum Gasteiger partial charge on any atom is 0.162 e. The van der Waals surface area contributed by atoms with E-state index in [0.29, 0.717) is 6.42 Å². The molecule has 1 aromatic rings. The highest BCUT2D eigenvalue weighted by atomic mass is 32.2. The van der Waals surface area contributed by atoms with Gasteiger partial charge in [0.2, 0.25) is 0 Å². The molecule has 1 saturated heterocycles. The third-order valence-corrected chi connectivity index (χ3v) is 5.10. The van der Waals surface area contributed by atoms with Gasteiger partial charge in [0, 0.05) is 12.8 Å². The Morgan fingerprint density at radius 2 is 2.05 bits per heavy atom. The molecule has 1 aliphatic rings. The van der Waals surface area contributed by atoms with E-state index in [4.69, 9.17) is 0 Å². The molecule has 0 bridgehead atoms. The number of Topliss-reactive ketones (excluding diaryl/α,β-unsaturated/α-hetero) is 1. The number of rotatable bonds is 4. The Morgan fingerprint density at radius 1 is 1.32 bits per heavy atom. The standard InChI is InChI=1S/C13H14F2O3S/c14-12-3-1-2-10(13(12)15)7-11(16)6-9-4-5-19(17,18)8-9/h1-3,9H,4-8H2. The van der Waals surface area contributed by atoms with Crippen molar-refractivity contribution >= 4 is 15.6 Å². The minimum absolute atomic E-state index is 0.0182. The number of halogens is 2. The summed E-state index contributed by atoms with van der Waals surface area (Å²) in [6.45, 7) is 0. The summed E-state index contributed by atoms with van der Waals surface area (Å²) >= 11 is 0. The summed E-state index contributed by atoms with van der Waals surface area (Å²) in [7, 11) is -3.02. The molecule has 19 heavy (non-hydrogen) atoms. The van der Waals surface area contributed by atoms with E-state index in [9.17, 15) is 22.0 Å². The monoisotopic (exact) mass is 288 g/mol. The van der Waals surface area contributed by atoms with Crippen LogP contribution in [0.3, 0.4) is 0 Å². The first-order valence-electron chi connectivity index (χ1n) is 6.02. The zero-order chi connectivity index (χ0) is 14.0. The molecule has 3 nitrogen and oxygen atoms in total. The fourth-order valence-electron chi connectivity index (χ4n) is 2.32. The van der Waals surface area contributed by atoms with Gasteiger partial charge in [0.05, 0.1) is 11.5 Å². The number of carbonyl (C=O) groups excluding carboxylic acids is 1. The number of hydrogen-bond donors (Lipinski definition) is 0. The first kappa shape index (κ1) is 14.1. The smallest absolute Gasteiger partial charge is 0.162 e. The van der Waals surface area contributed by atoms with Crippen molar-refractivity contribution in [3.63, 3.8) is 0 Å². The molecule has 0 aliphatic carbocycles. The van der Waals surface area contributed by atoms with Gasteiger partial charge in [-0.3, -0.25) is 4.79 Å². The molecule has 1 aliphatic heterocycles. The predicted octanol–water partition coefficient (Wildman–Crippen LogP) is 1.90. The quantitative estimate of drug-likeness (QED) is 0.850. The van der Waals surface area contributed by atoms with Crippen LogP contribution < -0.4 is 0 Å². The van der Waals surface area contributed by atoms with Gasteiger partial charge in [-0.15, -0.1) is 0 Å². The fraction of sp³-hybridized carbons (Fsp3) is 0.462. The lowest BCUT2D eigenvalue weighted by Gasteiger charge is -2.07. The lowest BCUT2D eigenvalue weighted by Crippen LogP contribution is -2.13. The van der Waals surface area contributed by atoms with Crippen LogP contribution >= 0.6 is 0 Å². The highest BCUT2D eigenvalue weighted by molar-refractivity contribution is 7.91. The van der Waals surface area contributed by atoms with Crippen molar-refractivity contribution in [3.8, 4) is 0 Å². The second-order valence-corrected chi connectivity index (χ2v) is 7.13. The van der Waals surface area contributed by atoms with E-state index in [0.717, 1.165) is 6.07 Å². The fourth-order valence-corrected chi connectivity index (χ4v) is 4.19. The van der Waals surface area contributed by atoms with Crippen LogP contribution in [0.4, 0.5) is 8.78 Å². The van der Waals surface area contributed by atoms with E-state index in [1.165, 1.54) is 12.1 Å². The van der Waals surface area contributed by atoms with E-state index in [2.05, 4.69) is 0 Å². The third-order valence-electron chi connectivity index (χ3n) is 3.26. The van der Waals surface area contributed by atoms with Crippen LogP contribution in [0.5, 0.6) is 0 Å². The normalized spacial score (nSPS) is 21.5.